The smallest absolute Gasteiger partial charge is 0.211 e. The Kier molecular flexibility index (Phi) is 6.62. The average Bonchev–Trinajstić information content (AvgIpc) is 3.27. The normalized spacial score (nSPS) is 14.8. The van der Waals surface area contributed by atoms with Crippen LogP contribution in [-0.4, -0.2) is 42.2 Å². The van der Waals surface area contributed by atoms with Gasteiger partial charge in [-0.1, -0.05) is 35.9 Å². The number of pyridine rings is 1. The predicted molar refractivity (Wildman–Crippen MR) is 135 cm³/mol. The number of rotatable bonds is 5. The number of morpholine rings is 1. The Hall–Kier alpha value is -3.26. The summed E-state index contributed by atoms with van der Waals surface area (Å²) in [4.78, 5) is 12.0. The molecule has 0 saturated carbocycles. The highest BCUT2D eigenvalue weighted by Crippen LogP contribution is 2.23. The molecule has 0 amide bonds. The molecule has 1 fully saturated rings. The summed E-state index contributed by atoms with van der Waals surface area (Å²) < 4.78 is 7.31. The van der Waals surface area contributed by atoms with Gasteiger partial charge in [0.25, 0.3) is 0 Å². The van der Waals surface area contributed by atoms with Crippen molar-refractivity contribution in [3.63, 3.8) is 0 Å². The first-order valence-corrected chi connectivity index (χ1v) is 11.9. The summed E-state index contributed by atoms with van der Waals surface area (Å²) in [5.74, 6) is 0. The van der Waals surface area contributed by atoms with Crippen LogP contribution in [0.4, 0.5) is 11.4 Å². The van der Waals surface area contributed by atoms with E-state index in [4.69, 9.17) is 26.4 Å². The quantitative estimate of drug-likeness (QED) is 0.372. The molecule has 0 radical (unpaired) electrons. The fraction of sp³-hybridized carbons (Fsp3) is 0.160. The Bertz CT molecular complexity index is 1290. The van der Waals surface area contributed by atoms with Gasteiger partial charge in [0.1, 0.15) is 0 Å². The summed E-state index contributed by atoms with van der Waals surface area (Å²) in [6.07, 6.45) is 5.33. The number of halogens is 1. The van der Waals surface area contributed by atoms with Crippen molar-refractivity contribution in [2.45, 2.75) is 0 Å². The molecule has 1 saturated heterocycles. The molecule has 166 valence electrons. The number of aromatic nitrogens is 2. The number of anilines is 1. The fourth-order valence-corrected chi connectivity index (χ4v) is 4.54. The molecule has 0 atom stereocenters. The van der Waals surface area contributed by atoms with E-state index < -0.39 is 0 Å². The van der Waals surface area contributed by atoms with E-state index in [1.165, 1.54) is 17.0 Å². The lowest BCUT2D eigenvalue weighted by atomic mass is 10.2. The Morgan fingerprint density at radius 1 is 1.00 bits per heavy atom. The van der Waals surface area contributed by atoms with Gasteiger partial charge in [-0.15, -0.1) is 11.3 Å². The molecule has 0 spiro atoms. The summed E-state index contributed by atoms with van der Waals surface area (Å²) in [6.45, 7) is 3.38. The van der Waals surface area contributed by atoms with Crippen LogP contribution in [-0.2, 0) is 4.74 Å². The van der Waals surface area contributed by atoms with Gasteiger partial charge in [-0.25, -0.2) is 9.67 Å². The monoisotopic (exact) mass is 475 g/mol. The lowest BCUT2D eigenvalue weighted by Gasteiger charge is -2.28. The Balaban J connectivity index is 1.49. The van der Waals surface area contributed by atoms with E-state index >= 15 is 0 Å². The molecule has 0 aliphatic carbocycles. The van der Waals surface area contributed by atoms with Gasteiger partial charge < -0.3 is 9.64 Å². The maximum atomic E-state index is 6.09. The Morgan fingerprint density at radius 3 is 2.52 bits per heavy atom. The average molecular weight is 476 g/mol. The first kappa shape index (κ1) is 21.6. The van der Waals surface area contributed by atoms with Gasteiger partial charge in [-0.3, -0.25) is 4.98 Å². The van der Waals surface area contributed by atoms with Gasteiger partial charge in [0.2, 0.25) is 4.80 Å². The van der Waals surface area contributed by atoms with Crippen LogP contribution in [0.15, 0.2) is 88.5 Å². The molecule has 33 heavy (non-hydrogen) atoms. The van der Waals surface area contributed by atoms with Crippen molar-refractivity contribution in [3.8, 4) is 11.3 Å². The summed E-state index contributed by atoms with van der Waals surface area (Å²) in [5.41, 5.74) is 4.96. The lowest BCUT2D eigenvalue weighted by Crippen LogP contribution is -2.36. The first-order valence-electron chi connectivity index (χ1n) is 10.6. The Morgan fingerprint density at radius 2 is 1.79 bits per heavy atom. The lowest BCUT2D eigenvalue weighted by molar-refractivity contribution is 0.122. The minimum Gasteiger partial charge on any atom is -0.378 e. The van der Waals surface area contributed by atoms with Gasteiger partial charge in [-0.2, -0.15) is 5.10 Å². The fourth-order valence-electron chi connectivity index (χ4n) is 3.56. The Labute approximate surface area is 201 Å². The van der Waals surface area contributed by atoms with Crippen molar-refractivity contribution >= 4 is 40.5 Å². The molecule has 0 bridgehead atoms. The number of thiazole rings is 1. The number of hydrogen-bond donors (Lipinski definition) is 0. The molecule has 4 aromatic rings. The molecular weight excluding hydrogens is 454 g/mol. The molecule has 0 N–H and O–H groups in total. The van der Waals surface area contributed by atoms with E-state index in [9.17, 15) is 0 Å². The van der Waals surface area contributed by atoms with Crippen LogP contribution in [0.25, 0.3) is 11.3 Å². The highest BCUT2D eigenvalue weighted by atomic mass is 35.5. The zero-order chi connectivity index (χ0) is 22.5. The van der Waals surface area contributed by atoms with Crippen LogP contribution in [0.2, 0.25) is 5.02 Å². The van der Waals surface area contributed by atoms with Gasteiger partial charge >= 0.3 is 0 Å². The standard InChI is InChI=1S/C25H22ClN5OS/c26-21-7-5-20(6-8-21)24-18-33-25(29-22-2-1-11-27-17-22)31(24)28-16-19-3-9-23(10-4-19)30-12-14-32-15-13-30/h1-11,16-18H,12-15H2. The van der Waals surface area contributed by atoms with Crippen molar-refractivity contribution in [2.75, 3.05) is 31.2 Å². The molecule has 3 heterocycles. The van der Waals surface area contributed by atoms with E-state index in [-0.39, 0.29) is 0 Å². The largest absolute Gasteiger partial charge is 0.378 e. The van der Waals surface area contributed by atoms with Crippen LogP contribution in [0.5, 0.6) is 0 Å². The minimum atomic E-state index is 0.699. The van der Waals surface area contributed by atoms with Crippen molar-refractivity contribution in [1.29, 1.82) is 0 Å². The summed E-state index contributed by atoms with van der Waals surface area (Å²) in [6, 6.07) is 20.0. The molecule has 6 nitrogen and oxygen atoms in total. The zero-order valence-corrected chi connectivity index (χ0v) is 19.4. The van der Waals surface area contributed by atoms with Crippen molar-refractivity contribution in [3.05, 3.63) is 93.8 Å². The highest BCUT2D eigenvalue weighted by molar-refractivity contribution is 7.07. The van der Waals surface area contributed by atoms with Crippen molar-refractivity contribution in [2.24, 2.45) is 10.1 Å². The molecule has 1 aliphatic heterocycles. The zero-order valence-electron chi connectivity index (χ0n) is 17.8. The van der Waals surface area contributed by atoms with E-state index in [0.717, 1.165) is 53.6 Å². The maximum absolute atomic E-state index is 6.09. The molecule has 8 heteroatoms. The third-order valence-electron chi connectivity index (χ3n) is 5.29. The van der Waals surface area contributed by atoms with Gasteiger partial charge in [-0.05, 0) is 42.0 Å². The van der Waals surface area contributed by atoms with Gasteiger partial charge in [0.05, 0.1) is 37.0 Å². The van der Waals surface area contributed by atoms with Crippen LogP contribution < -0.4 is 9.70 Å². The number of nitrogens with zero attached hydrogens (tertiary/aromatic N) is 5. The number of benzene rings is 2. The topological polar surface area (TPSA) is 55.0 Å². The maximum Gasteiger partial charge on any atom is 0.211 e. The second-order valence-corrected chi connectivity index (χ2v) is 8.75. The van der Waals surface area contributed by atoms with E-state index in [1.807, 2.05) is 47.3 Å². The molecule has 0 unspecified atom stereocenters. The third kappa shape index (κ3) is 5.22. The minimum absolute atomic E-state index is 0.699. The summed E-state index contributed by atoms with van der Waals surface area (Å²) >= 11 is 7.62. The second kappa shape index (κ2) is 10.1. The molecule has 5 rings (SSSR count). The number of hydrogen-bond acceptors (Lipinski definition) is 6. The molecule has 2 aromatic heterocycles. The van der Waals surface area contributed by atoms with Crippen LogP contribution in [0.1, 0.15) is 5.56 Å². The third-order valence-corrected chi connectivity index (χ3v) is 6.36. The van der Waals surface area contributed by atoms with E-state index in [2.05, 4.69) is 39.5 Å². The number of ether oxygens (including phenoxy) is 1. The highest BCUT2D eigenvalue weighted by Gasteiger charge is 2.11. The second-order valence-electron chi connectivity index (χ2n) is 7.48. The van der Waals surface area contributed by atoms with Crippen LogP contribution >= 0.6 is 22.9 Å². The molecule has 2 aromatic carbocycles. The van der Waals surface area contributed by atoms with Gasteiger partial charge in [0, 0.05) is 40.9 Å². The summed E-state index contributed by atoms with van der Waals surface area (Å²) in [7, 11) is 0. The van der Waals surface area contributed by atoms with Crippen LogP contribution in [0.3, 0.4) is 0 Å². The molecular formula is C25H22ClN5OS. The SMILES string of the molecule is Clc1ccc(-c2csc(=Nc3cccnc3)n2N=Cc2ccc(N3CCOCC3)cc2)cc1. The van der Waals surface area contributed by atoms with E-state index in [1.54, 1.807) is 12.4 Å². The first-order chi connectivity index (χ1) is 16.3. The van der Waals surface area contributed by atoms with Crippen LogP contribution in [0, 0.1) is 0 Å². The van der Waals surface area contributed by atoms with Crippen molar-refractivity contribution in [1.82, 2.24) is 9.66 Å². The van der Waals surface area contributed by atoms with E-state index in [0.29, 0.717) is 5.02 Å². The summed E-state index contributed by atoms with van der Waals surface area (Å²) in [5, 5.41) is 7.55. The van der Waals surface area contributed by atoms with Gasteiger partial charge in [0.15, 0.2) is 0 Å². The predicted octanol–water partition coefficient (Wildman–Crippen LogP) is 5.22. The van der Waals surface area contributed by atoms with Crippen molar-refractivity contribution < 1.29 is 4.74 Å². The molecule has 1 aliphatic rings.